The van der Waals surface area contributed by atoms with E-state index in [0.717, 1.165) is 23.3 Å². The van der Waals surface area contributed by atoms with E-state index in [4.69, 9.17) is 9.47 Å². The van der Waals surface area contributed by atoms with Crippen LogP contribution in [-0.4, -0.2) is 54.5 Å². The highest BCUT2D eigenvalue weighted by Crippen LogP contribution is 2.30. The zero-order valence-corrected chi connectivity index (χ0v) is 22.2. The Labute approximate surface area is 234 Å². The summed E-state index contributed by atoms with van der Waals surface area (Å²) in [5, 5.41) is 5.73. The van der Waals surface area contributed by atoms with Crippen LogP contribution in [0, 0.1) is 6.92 Å². The van der Waals surface area contributed by atoms with Crippen LogP contribution in [0.5, 0.6) is 11.5 Å². The van der Waals surface area contributed by atoms with E-state index in [1.807, 2.05) is 12.1 Å². The van der Waals surface area contributed by atoms with E-state index < -0.39 is 35.7 Å². The number of carbonyl (C=O) groups is 3. The fourth-order valence-electron chi connectivity index (χ4n) is 4.81. The third-order valence-electron chi connectivity index (χ3n) is 7.10. The van der Waals surface area contributed by atoms with Crippen molar-refractivity contribution in [2.75, 3.05) is 19.7 Å². The quantitative estimate of drug-likeness (QED) is 0.462. The minimum absolute atomic E-state index is 0.0250. The number of likely N-dealkylation sites (tertiary alicyclic amines) is 1. The highest BCUT2D eigenvalue weighted by Gasteiger charge is 2.36. The molecule has 0 unspecified atom stereocenters. The van der Waals surface area contributed by atoms with Gasteiger partial charge in [-0.25, -0.2) is 0 Å². The van der Waals surface area contributed by atoms with Crippen LogP contribution in [-0.2, 0) is 17.5 Å². The maximum absolute atomic E-state index is 13.3. The lowest BCUT2D eigenvalue weighted by Gasteiger charge is -2.39. The molecule has 0 radical (unpaired) electrons. The van der Waals surface area contributed by atoms with Gasteiger partial charge in [0.2, 0.25) is 0 Å². The van der Waals surface area contributed by atoms with Crippen molar-refractivity contribution in [3.05, 3.63) is 94.5 Å². The molecule has 0 aliphatic carbocycles. The summed E-state index contributed by atoms with van der Waals surface area (Å²) in [4.78, 5) is 40.3. The molecule has 3 aliphatic rings. The van der Waals surface area contributed by atoms with Crippen molar-refractivity contribution in [3.8, 4) is 11.5 Å². The molecule has 6 rings (SSSR count). The van der Waals surface area contributed by atoms with E-state index in [0.29, 0.717) is 24.5 Å². The Kier molecular flexibility index (Phi) is 7.87. The van der Waals surface area contributed by atoms with E-state index in [2.05, 4.69) is 10.6 Å². The first-order chi connectivity index (χ1) is 19.6. The first kappa shape index (κ1) is 28.0. The smallest absolute Gasteiger partial charge is 0.416 e. The molecule has 1 fully saturated rings. The second-order valence-electron chi connectivity index (χ2n) is 10.0. The van der Waals surface area contributed by atoms with Crippen molar-refractivity contribution >= 4 is 17.7 Å². The number of piperidine rings is 1. The van der Waals surface area contributed by atoms with Gasteiger partial charge in [0.05, 0.1) is 11.6 Å². The van der Waals surface area contributed by atoms with Crippen molar-refractivity contribution in [1.29, 1.82) is 0 Å². The summed E-state index contributed by atoms with van der Waals surface area (Å²) in [5.74, 6) is -0.433. The van der Waals surface area contributed by atoms with Gasteiger partial charge in [-0.05, 0) is 60.5 Å². The Morgan fingerprint density at radius 2 is 1.80 bits per heavy atom. The van der Waals surface area contributed by atoms with Gasteiger partial charge in [-0.1, -0.05) is 24.3 Å². The van der Waals surface area contributed by atoms with E-state index in [9.17, 15) is 27.6 Å². The van der Waals surface area contributed by atoms with Crippen LogP contribution in [0.15, 0.2) is 66.7 Å². The van der Waals surface area contributed by atoms with Crippen molar-refractivity contribution in [2.45, 2.75) is 38.2 Å². The normalized spacial score (nSPS) is 19.7. The Hall–Kier alpha value is -4.54. The van der Waals surface area contributed by atoms with E-state index in [-0.39, 0.29) is 36.7 Å². The number of aryl methyl sites for hydroxylation is 1. The summed E-state index contributed by atoms with van der Waals surface area (Å²) in [6, 6.07) is 15.6. The number of halogens is 3. The Bertz CT molecular complexity index is 1460. The molecule has 3 heterocycles. The Morgan fingerprint density at radius 3 is 2.56 bits per heavy atom. The number of fused-ring (bicyclic) bond motifs is 7. The monoisotopic (exact) mass is 567 g/mol. The number of carbonyl (C=O) groups excluding carboxylic acids is 3. The van der Waals surface area contributed by atoms with Crippen molar-refractivity contribution < 1.29 is 37.0 Å². The SMILES string of the molecule is Cc1ccc2cc1OCC(=O)NCc1ccc(cc1)O[C@H]1CCN(C(=O)c3cccc(C(F)(F)F)c3)C[C@@H]1NC2=O. The number of rotatable bonds is 1. The number of hydrogen-bond donors (Lipinski definition) is 2. The molecule has 8 nitrogen and oxygen atoms in total. The molecule has 11 heteroatoms. The van der Waals surface area contributed by atoms with Gasteiger partial charge in [0.1, 0.15) is 17.6 Å². The van der Waals surface area contributed by atoms with Gasteiger partial charge in [-0.2, -0.15) is 13.2 Å². The summed E-state index contributed by atoms with van der Waals surface area (Å²) in [5.41, 5.74) is 0.861. The standard InChI is InChI=1S/C30H28F3N3O5/c1-18-5-8-20-14-26(18)40-17-27(37)34-15-19-6-9-23(10-7-19)41-25-11-12-36(16-24(25)35-28(20)38)29(39)21-3-2-4-22(13-21)30(31,32)33/h2-10,13-14,24-25H,11-12,15-17H2,1H3,(H,34,37)(H,35,38)/t24-,25-/m0/s1. The van der Waals surface area contributed by atoms with Gasteiger partial charge in [-0.15, -0.1) is 0 Å². The van der Waals surface area contributed by atoms with Crippen LogP contribution in [0.1, 0.15) is 43.8 Å². The van der Waals surface area contributed by atoms with E-state index in [1.54, 1.807) is 31.2 Å². The average molecular weight is 568 g/mol. The molecule has 1 saturated heterocycles. The minimum Gasteiger partial charge on any atom is -0.488 e. The summed E-state index contributed by atoms with van der Waals surface area (Å²) in [6.45, 7) is 2.10. The molecule has 41 heavy (non-hydrogen) atoms. The van der Waals surface area contributed by atoms with Gasteiger partial charge in [0, 0.05) is 37.2 Å². The fraction of sp³-hybridized carbons (Fsp3) is 0.300. The zero-order chi connectivity index (χ0) is 29.1. The molecular formula is C30H28F3N3O5. The van der Waals surface area contributed by atoms with Gasteiger partial charge < -0.3 is 25.0 Å². The number of nitrogens with one attached hydrogen (secondary N) is 2. The molecular weight excluding hydrogens is 539 g/mol. The minimum atomic E-state index is -4.58. The number of ether oxygens (including phenoxy) is 2. The highest BCUT2D eigenvalue weighted by molar-refractivity contribution is 5.96. The second-order valence-corrected chi connectivity index (χ2v) is 10.0. The van der Waals surface area contributed by atoms with Gasteiger partial charge in [0.15, 0.2) is 6.61 Å². The summed E-state index contributed by atoms with van der Waals surface area (Å²) in [6.07, 6.45) is -4.77. The molecule has 3 amide bonds. The maximum Gasteiger partial charge on any atom is 0.416 e. The van der Waals surface area contributed by atoms with Crippen LogP contribution in [0.2, 0.25) is 0 Å². The Morgan fingerprint density at radius 1 is 1.02 bits per heavy atom. The second kappa shape index (κ2) is 11.5. The Balaban J connectivity index is 1.43. The number of nitrogens with zero attached hydrogens (tertiary/aromatic N) is 1. The first-order valence-corrected chi connectivity index (χ1v) is 13.1. The fourth-order valence-corrected chi connectivity index (χ4v) is 4.81. The molecule has 0 aromatic heterocycles. The van der Waals surface area contributed by atoms with Crippen LogP contribution >= 0.6 is 0 Å². The molecule has 3 aliphatic heterocycles. The van der Waals surface area contributed by atoms with Crippen LogP contribution in [0.25, 0.3) is 0 Å². The van der Waals surface area contributed by atoms with Crippen molar-refractivity contribution in [2.24, 2.45) is 0 Å². The lowest BCUT2D eigenvalue weighted by atomic mass is 9.99. The number of alkyl halides is 3. The molecule has 2 N–H and O–H groups in total. The van der Waals surface area contributed by atoms with E-state index >= 15 is 0 Å². The molecule has 3 aromatic carbocycles. The first-order valence-electron chi connectivity index (χ1n) is 13.1. The summed E-state index contributed by atoms with van der Waals surface area (Å²) in [7, 11) is 0. The van der Waals surface area contributed by atoms with E-state index in [1.165, 1.54) is 23.1 Å². The number of benzene rings is 3. The molecule has 2 atom stereocenters. The topological polar surface area (TPSA) is 97.0 Å². The average Bonchev–Trinajstić information content (AvgIpc) is 2.96. The third kappa shape index (κ3) is 6.62. The molecule has 3 aromatic rings. The molecule has 0 spiro atoms. The largest absolute Gasteiger partial charge is 0.488 e. The van der Waals surface area contributed by atoms with Crippen molar-refractivity contribution in [1.82, 2.24) is 15.5 Å². The van der Waals surface area contributed by atoms with Crippen LogP contribution in [0.3, 0.4) is 0 Å². The van der Waals surface area contributed by atoms with Crippen LogP contribution < -0.4 is 20.1 Å². The summed E-state index contributed by atoms with van der Waals surface area (Å²) >= 11 is 0. The lowest BCUT2D eigenvalue weighted by molar-refractivity contribution is -0.137. The third-order valence-corrected chi connectivity index (χ3v) is 7.10. The predicted molar refractivity (Wildman–Crippen MR) is 143 cm³/mol. The number of hydrogen-bond acceptors (Lipinski definition) is 5. The van der Waals surface area contributed by atoms with Gasteiger partial charge >= 0.3 is 6.18 Å². The summed E-state index contributed by atoms with van der Waals surface area (Å²) < 4.78 is 51.7. The van der Waals surface area contributed by atoms with Crippen molar-refractivity contribution in [3.63, 3.8) is 0 Å². The molecule has 214 valence electrons. The molecule has 4 bridgehead atoms. The highest BCUT2D eigenvalue weighted by atomic mass is 19.4. The van der Waals surface area contributed by atoms with Gasteiger partial charge in [0.25, 0.3) is 17.7 Å². The number of amides is 3. The molecule has 0 saturated carbocycles. The zero-order valence-electron chi connectivity index (χ0n) is 22.2. The predicted octanol–water partition coefficient (Wildman–Crippen LogP) is 4.11. The van der Waals surface area contributed by atoms with Crippen LogP contribution in [0.4, 0.5) is 13.2 Å². The maximum atomic E-state index is 13.3. The lowest BCUT2D eigenvalue weighted by Crippen LogP contribution is -2.58. The van der Waals surface area contributed by atoms with Gasteiger partial charge in [-0.3, -0.25) is 14.4 Å².